The number of anilines is 1. The minimum Gasteiger partial charge on any atom is -0.374 e. The number of nitrogens with two attached hydrogens (primary N) is 1. The zero-order chi connectivity index (χ0) is 15.8. The van der Waals surface area contributed by atoms with Gasteiger partial charge < -0.3 is 16.4 Å². The van der Waals surface area contributed by atoms with Gasteiger partial charge in [-0.3, -0.25) is 9.59 Å². The average molecular weight is 329 g/mol. The predicted molar refractivity (Wildman–Crippen MR) is 84.0 cm³/mol. The van der Waals surface area contributed by atoms with Crippen molar-refractivity contribution >= 4 is 40.0 Å². The van der Waals surface area contributed by atoms with Crippen molar-refractivity contribution in [1.82, 2.24) is 20.8 Å². The molecule has 1 saturated heterocycles. The molecular formula is C12H19N5O2S2. The third-order valence-corrected chi connectivity index (χ3v) is 5.67. The number of carbonyl (C=O) groups excluding carboxylic acids is 2. The second-order valence-electron chi connectivity index (χ2n) is 5.91. The lowest BCUT2D eigenvalue weighted by Gasteiger charge is -2.34. The summed E-state index contributed by atoms with van der Waals surface area (Å²) in [6.07, 6.45) is 0. The maximum absolute atomic E-state index is 12.3. The molecule has 1 aliphatic heterocycles. The Bertz CT molecular complexity index is 570. The second-order valence-corrected chi connectivity index (χ2v) is 8.56. The van der Waals surface area contributed by atoms with E-state index in [1.165, 1.54) is 23.1 Å². The number of nitrogens with one attached hydrogen (secondary N) is 2. The Morgan fingerprint density at radius 3 is 2.67 bits per heavy atom. The number of hydrogen-bond acceptors (Lipinski definition) is 7. The van der Waals surface area contributed by atoms with Gasteiger partial charge in [0.2, 0.25) is 16.9 Å². The molecular weight excluding hydrogens is 310 g/mol. The van der Waals surface area contributed by atoms with Crippen LogP contribution in [0.2, 0.25) is 0 Å². The molecule has 1 aliphatic rings. The van der Waals surface area contributed by atoms with Crippen molar-refractivity contribution < 1.29 is 9.59 Å². The van der Waals surface area contributed by atoms with Gasteiger partial charge in [-0.2, -0.15) is 0 Å². The number of amides is 2. The topological polar surface area (TPSA) is 110 Å². The van der Waals surface area contributed by atoms with Crippen LogP contribution in [0.15, 0.2) is 0 Å². The fourth-order valence-electron chi connectivity index (χ4n) is 1.81. The number of carbonyl (C=O) groups is 2. The van der Waals surface area contributed by atoms with Gasteiger partial charge in [-0.05, 0) is 27.7 Å². The first-order valence-electron chi connectivity index (χ1n) is 6.48. The number of nitrogens with zero attached hydrogens (tertiary/aromatic N) is 2. The normalized spacial score (nSPS) is 21.7. The van der Waals surface area contributed by atoms with Crippen LogP contribution >= 0.6 is 23.1 Å². The average Bonchev–Trinajstić information content (AvgIpc) is 2.79. The van der Waals surface area contributed by atoms with Crippen LogP contribution in [0.25, 0.3) is 0 Å². The van der Waals surface area contributed by atoms with Crippen molar-refractivity contribution in [2.45, 2.75) is 44.0 Å². The maximum atomic E-state index is 12.3. The van der Waals surface area contributed by atoms with Crippen molar-refractivity contribution in [1.29, 1.82) is 0 Å². The van der Waals surface area contributed by atoms with Crippen LogP contribution < -0.4 is 16.4 Å². The van der Waals surface area contributed by atoms with E-state index < -0.39 is 16.3 Å². The number of nitrogen functional groups attached to an aromatic ring is 1. The zero-order valence-corrected chi connectivity index (χ0v) is 14.0. The molecule has 2 amide bonds. The molecule has 0 aromatic carbocycles. The molecule has 1 atom stereocenters. The lowest BCUT2D eigenvalue weighted by Crippen LogP contribution is -2.59. The molecule has 0 spiro atoms. The van der Waals surface area contributed by atoms with Gasteiger partial charge in [0, 0.05) is 5.75 Å². The van der Waals surface area contributed by atoms with Crippen LogP contribution in [-0.2, 0) is 15.1 Å². The minimum atomic E-state index is -0.686. The number of hydrogen-bond donors (Lipinski definition) is 3. The molecule has 1 aromatic heterocycles. The Kier molecular flexibility index (Phi) is 4.16. The molecule has 21 heavy (non-hydrogen) atoms. The van der Waals surface area contributed by atoms with E-state index in [0.29, 0.717) is 15.9 Å². The van der Waals surface area contributed by atoms with E-state index in [9.17, 15) is 9.59 Å². The Morgan fingerprint density at radius 1 is 1.48 bits per heavy atom. The highest BCUT2D eigenvalue weighted by atomic mass is 32.2. The SMILES string of the molecule is CC1(C)SC[C@@H](C(=O)NC(C)(C)c2nnc(N)s2)NC1=O. The van der Waals surface area contributed by atoms with Gasteiger partial charge in [0.05, 0.1) is 10.3 Å². The van der Waals surface area contributed by atoms with Gasteiger partial charge >= 0.3 is 0 Å². The standard InChI is InChI=1S/C12H19N5O2S2/c1-11(2,9-16-17-10(13)21-9)15-7(18)6-5-20-12(3,4)8(19)14-6/h6H,5H2,1-4H3,(H2,13,17)(H,14,19)(H,15,18)/t6-/m0/s1. The van der Waals surface area contributed by atoms with E-state index in [2.05, 4.69) is 20.8 Å². The molecule has 0 unspecified atom stereocenters. The molecule has 0 bridgehead atoms. The van der Waals surface area contributed by atoms with Gasteiger partial charge in [0.25, 0.3) is 0 Å². The summed E-state index contributed by atoms with van der Waals surface area (Å²) in [5.41, 5.74) is 4.88. The number of thioether (sulfide) groups is 1. The highest BCUT2D eigenvalue weighted by Crippen LogP contribution is 2.30. The highest BCUT2D eigenvalue weighted by molar-refractivity contribution is 8.01. The summed E-state index contributed by atoms with van der Waals surface area (Å²) >= 11 is 2.70. The van der Waals surface area contributed by atoms with Crippen LogP contribution in [-0.4, -0.2) is 38.6 Å². The fourth-order valence-corrected chi connectivity index (χ4v) is 3.48. The van der Waals surface area contributed by atoms with Crippen molar-refractivity contribution in [2.24, 2.45) is 0 Å². The van der Waals surface area contributed by atoms with E-state index in [0.717, 1.165) is 0 Å². The molecule has 4 N–H and O–H groups in total. The first-order chi connectivity index (χ1) is 9.62. The van der Waals surface area contributed by atoms with Crippen molar-refractivity contribution in [3.63, 3.8) is 0 Å². The predicted octanol–water partition coefficient (Wildman–Crippen LogP) is 0.482. The second kappa shape index (κ2) is 5.45. The van der Waals surface area contributed by atoms with Gasteiger partial charge in [-0.15, -0.1) is 22.0 Å². The quantitative estimate of drug-likeness (QED) is 0.744. The summed E-state index contributed by atoms with van der Waals surface area (Å²) in [7, 11) is 0. The molecule has 0 aliphatic carbocycles. The number of aromatic nitrogens is 2. The Labute approximate surface area is 131 Å². The third kappa shape index (κ3) is 3.46. The number of rotatable bonds is 3. The summed E-state index contributed by atoms with van der Waals surface area (Å²) in [5.74, 6) is 0.181. The lowest BCUT2D eigenvalue weighted by atomic mass is 10.1. The smallest absolute Gasteiger partial charge is 0.244 e. The first-order valence-corrected chi connectivity index (χ1v) is 8.28. The molecule has 0 saturated carbocycles. The molecule has 7 nitrogen and oxygen atoms in total. The highest BCUT2D eigenvalue weighted by Gasteiger charge is 2.39. The van der Waals surface area contributed by atoms with E-state index >= 15 is 0 Å². The van der Waals surface area contributed by atoms with Crippen molar-refractivity contribution in [2.75, 3.05) is 11.5 Å². The third-order valence-electron chi connectivity index (χ3n) is 3.19. The van der Waals surface area contributed by atoms with Gasteiger partial charge in [-0.1, -0.05) is 11.3 Å². The Hall–Kier alpha value is -1.35. The summed E-state index contributed by atoms with van der Waals surface area (Å²) < 4.78 is -0.500. The largest absolute Gasteiger partial charge is 0.374 e. The van der Waals surface area contributed by atoms with Gasteiger partial charge in [-0.25, -0.2) is 0 Å². The molecule has 1 fully saturated rings. The van der Waals surface area contributed by atoms with Crippen LogP contribution in [0.3, 0.4) is 0 Å². The minimum absolute atomic E-state index is 0.128. The van der Waals surface area contributed by atoms with E-state index in [1.54, 1.807) is 0 Å². The summed E-state index contributed by atoms with van der Waals surface area (Å²) in [5, 5.41) is 14.3. The van der Waals surface area contributed by atoms with E-state index in [1.807, 2.05) is 27.7 Å². The fraction of sp³-hybridized carbons (Fsp3) is 0.667. The molecule has 2 heterocycles. The lowest BCUT2D eigenvalue weighted by molar-refractivity contribution is -0.130. The maximum Gasteiger partial charge on any atom is 0.244 e. The molecule has 1 aromatic rings. The van der Waals surface area contributed by atoms with Crippen molar-refractivity contribution in [3.05, 3.63) is 5.01 Å². The van der Waals surface area contributed by atoms with Crippen LogP contribution in [0.4, 0.5) is 5.13 Å². The Morgan fingerprint density at radius 2 is 2.14 bits per heavy atom. The Balaban J connectivity index is 2.03. The summed E-state index contributed by atoms with van der Waals surface area (Å²) in [6, 6.07) is -0.542. The van der Waals surface area contributed by atoms with Crippen LogP contribution in [0.5, 0.6) is 0 Å². The zero-order valence-electron chi connectivity index (χ0n) is 12.4. The summed E-state index contributed by atoms with van der Waals surface area (Å²) in [6.45, 7) is 7.34. The first kappa shape index (κ1) is 16.0. The summed E-state index contributed by atoms with van der Waals surface area (Å²) in [4.78, 5) is 24.3. The van der Waals surface area contributed by atoms with E-state index in [-0.39, 0.29) is 11.8 Å². The van der Waals surface area contributed by atoms with Gasteiger partial charge in [0.1, 0.15) is 11.0 Å². The molecule has 0 radical (unpaired) electrons. The molecule has 9 heteroatoms. The monoisotopic (exact) mass is 329 g/mol. The van der Waals surface area contributed by atoms with Crippen molar-refractivity contribution in [3.8, 4) is 0 Å². The molecule has 116 valence electrons. The van der Waals surface area contributed by atoms with E-state index in [4.69, 9.17) is 5.73 Å². The van der Waals surface area contributed by atoms with Crippen LogP contribution in [0.1, 0.15) is 32.7 Å². The van der Waals surface area contributed by atoms with Crippen LogP contribution in [0, 0.1) is 0 Å². The molecule has 2 rings (SSSR count). The van der Waals surface area contributed by atoms with Gasteiger partial charge in [0.15, 0.2) is 0 Å².